The molecule has 4 N–H and O–H groups in total. The highest BCUT2D eigenvalue weighted by atomic mass is 19.1. The second kappa shape index (κ2) is 7.71. The molecule has 0 spiro atoms. The second-order valence-electron chi connectivity index (χ2n) is 7.29. The van der Waals surface area contributed by atoms with Gasteiger partial charge >= 0.3 is 0 Å². The van der Waals surface area contributed by atoms with Gasteiger partial charge in [0.1, 0.15) is 11.5 Å². The number of rotatable bonds is 5. The van der Waals surface area contributed by atoms with Crippen molar-refractivity contribution >= 4 is 16.9 Å². The minimum Gasteiger partial charge on any atom is -0.352 e. The zero-order valence-corrected chi connectivity index (χ0v) is 16.2. The fourth-order valence-electron chi connectivity index (χ4n) is 3.63. The molecule has 10 heteroatoms. The van der Waals surface area contributed by atoms with Crippen molar-refractivity contribution in [1.29, 1.82) is 0 Å². The number of benzene rings is 1. The van der Waals surface area contributed by atoms with Crippen LogP contribution in [0.1, 0.15) is 28.2 Å². The van der Waals surface area contributed by atoms with Gasteiger partial charge < -0.3 is 20.6 Å². The van der Waals surface area contributed by atoms with Gasteiger partial charge in [0.25, 0.3) is 5.91 Å². The Kier molecular flexibility index (Phi) is 4.75. The SMILES string of the molecule is O=C(NCCc1cnc[nH]1)c1cc2nc(-c3cc4n(n3)CCCNC4)[nH]c2cc1F. The fourth-order valence-corrected chi connectivity index (χ4v) is 3.63. The van der Waals surface area contributed by atoms with Crippen LogP contribution in [0.15, 0.2) is 30.7 Å². The van der Waals surface area contributed by atoms with Crippen molar-refractivity contribution in [2.75, 3.05) is 13.1 Å². The van der Waals surface area contributed by atoms with Crippen LogP contribution in [-0.2, 0) is 19.5 Å². The summed E-state index contributed by atoms with van der Waals surface area (Å²) in [5.74, 6) is -0.512. The lowest BCUT2D eigenvalue weighted by molar-refractivity contribution is 0.0950. The number of carbonyl (C=O) groups is 1. The van der Waals surface area contributed by atoms with Crippen molar-refractivity contribution in [2.24, 2.45) is 0 Å². The summed E-state index contributed by atoms with van der Waals surface area (Å²) in [6, 6.07) is 4.76. The van der Waals surface area contributed by atoms with E-state index in [1.54, 1.807) is 12.5 Å². The number of H-pyrrole nitrogens is 2. The first-order valence-electron chi connectivity index (χ1n) is 9.90. The maximum absolute atomic E-state index is 14.6. The number of nitrogens with one attached hydrogen (secondary N) is 4. The van der Waals surface area contributed by atoms with Crippen molar-refractivity contribution in [1.82, 2.24) is 40.3 Å². The number of nitrogens with zero attached hydrogens (tertiary/aromatic N) is 4. The summed E-state index contributed by atoms with van der Waals surface area (Å²) in [7, 11) is 0. The van der Waals surface area contributed by atoms with Crippen LogP contribution < -0.4 is 10.6 Å². The minimum atomic E-state index is -0.596. The van der Waals surface area contributed by atoms with E-state index in [9.17, 15) is 9.18 Å². The Balaban J connectivity index is 1.37. The molecule has 0 radical (unpaired) electrons. The first-order valence-corrected chi connectivity index (χ1v) is 9.90. The Labute approximate surface area is 171 Å². The average molecular weight is 408 g/mol. The molecule has 0 atom stereocenters. The maximum Gasteiger partial charge on any atom is 0.254 e. The quantitative estimate of drug-likeness (QED) is 0.402. The highest BCUT2D eigenvalue weighted by Crippen LogP contribution is 2.23. The number of aryl methyl sites for hydroxylation is 1. The Morgan fingerprint density at radius 1 is 1.30 bits per heavy atom. The van der Waals surface area contributed by atoms with Crippen molar-refractivity contribution in [3.8, 4) is 11.5 Å². The van der Waals surface area contributed by atoms with Crippen molar-refractivity contribution < 1.29 is 9.18 Å². The topological polar surface area (TPSA) is 116 Å². The highest BCUT2D eigenvalue weighted by Gasteiger charge is 2.18. The van der Waals surface area contributed by atoms with Crippen molar-refractivity contribution in [2.45, 2.75) is 25.9 Å². The summed E-state index contributed by atoms with van der Waals surface area (Å²) in [6.45, 7) is 2.94. The monoisotopic (exact) mass is 408 g/mol. The molecular formula is C20H21FN8O. The van der Waals surface area contributed by atoms with Crippen molar-refractivity contribution in [3.05, 3.63) is 53.5 Å². The normalized spacial score (nSPS) is 13.9. The van der Waals surface area contributed by atoms with E-state index in [0.29, 0.717) is 35.5 Å². The van der Waals surface area contributed by atoms with E-state index in [1.807, 2.05) is 10.7 Å². The number of aromatic nitrogens is 6. The van der Waals surface area contributed by atoms with E-state index in [1.165, 1.54) is 12.1 Å². The minimum absolute atomic E-state index is 0.0324. The first kappa shape index (κ1) is 18.5. The second-order valence-corrected chi connectivity index (χ2v) is 7.29. The fraction of sp³-hybridized carbons (Fsp3) is 0.300. The van der Waals surface area contributed by atoms with Gasteiger partial charge in [-0.15, -0.1) is 0 Å². The molecule has 0 fully saturated rings. The molecule has 0 saturated heterocycles. The molecule has 0 unspecified atom stereocenters. The van der Waals surface area contributed by atoms with Crippen LogP contribution in [0.3, 0.4) is 0 Å². The smallest absolute Gasteiger partial charge is 0.254 e. The van der Waals surface area contributed by atoms with E-state index in [2.05, 4.69) is 35.7 Å². The molecule has 30 heavy (non-hydrogen) atoms. The third-order valence-corrected chi connectivity index (χ3v) is 5.19. The van der Waals surface area contributed by atoms with E-state index in [4.69, 9.17) is 0 Å². The molecule has 1 aromatic carbocycles. The lowest BCUT2D eigenvalue weighted by Crippen LogP contribution is -2.26. The van der Waals surface area contributed by atoms with Gasteiger partial charge in [0.05, 0.1) is 28.6 Å². The van der Waals surface area contributed by atoms with Gasteiger partial charge in [-0.3, -0.25) is 9.48 Å². The van der Waals surface area contributed by atoms with Gasteiger partial charge in [-0.1, -0.05) is 0 Å². The van der Waals surface area contributed by atoms with E-state index in [-0.39, 0.29) is 5.56 Å². The molecule has 1 amide bonds. The van der Waals surface area contributed by atoms with Crippen LogP contribution in [0.4, 0.5) is 4.39 Å². The molecule has 4 heterocycles. The van der Waals surface area contributed by atoms with Gasteiger partial charge in [0.2, 0.25) is 0 Å². The van der Waals surface area contributed by atoms with E-state index >= 15 is 0 Å². The molecule has 4 aromatic rings. The molecule has 0 saturated carbocycles. The van der Waals surface area contributed by atoms with Crippen molar-refractivity contribution in [3.63, 3.8) is 0 Å². The van der Waals surface area contributed by atoms with Gasteiger partial charge in [0.15, 0.2) is 5.82 Å². The van der Waals surface area contributed by atoms with Gasteiger partial charge in [0, 0.05) is 44.0 Å². The lowest BCUT2D eigenvalue weighted by Gasteiger charge is -2.05. The summed E-state index contributed by atoms with van der Waals surface area (Å²) < 4.78 is 16.5. The third kappa shape index (κ3) is 3.57. The number of hydrogen-bond donors (Lipinski definition) is 4. The standard InChI is InChI=1S/C20H21FN8O/c21-15-8-17-16(7-14(15)20(30)24-4-2-12-9-23-11-25-12)26-19(27-17)18-6-13-10-22-3-1-5-29(13)28-18/h6-9,11,22H,1-5,10H2,(H,23,25)(H,24,30)(H,26,27). The van der Waals surface area contributed by atoms with Gasteiger partial charge in [-0.05, 0) is 25.1 Å². The predicted octanol–water partition coefficient (Wildman–Crippen LogP) is 1.75. The molecule has 0 bridgehead atoms. The van der Waals surface area contributed by atoms with E-state index < -0.39 is 11.7 Å². The zero-order valence-electron chi connectivity index (χ0n) is 16.2. The number of imidazole rings is 2. The maximum atomic E-state index is 14.6. The number of carbonyl (C=O) groups excluding carboxylic acids is 1. The number of halogens is 1. The highest BCUT2D eigenvalue weighted by molar-refractivity contribution is 5.98. The molecular weight excluding hydrogens is 387 g/mol. The number of hydrogen-bond acceptors (Lipinski definition) is 5. The number of amides is 1. The van der Waals surface area contributed by atoms with Crippen LogP contribution >= 0.6 is 0 Å². The summed E-state index contributed by atoms with van der Waals surface area (Å²) in [6.07, 6.45) is 4.87. The average Bonchev–Trinajstić information content (AvgIpc) is 3.45. The number of fused-ring (bicyclic) bond motifs is 2. The largest absolute Gasteiger partial charge is 0.352 e. The number of aromatic amines is 2. The molecule has 0 aliphatic carbocycles. The zero-order chi connectivity index (χ0) is 20.5. The summed E-state index contributed by atoms with van der Waals surface area (Å²) in [5, 5.41) is 10.7. The molecule has 1 aliphatic heterocycles. The van der Waals surface area contributed by atoms with Crippen LogP contribution in [0.25, 0.3) is 22.6 Å². The third-order valence-electron chi connectivity index (χ3n) is 5.19. The summed E-state index contributed by atoms with van der Waals surface area (Å²) >= 11 is 0. The van der Waals surface area contributed by atoms with Crippen LogP contribution in [0, 0.1) is 5.82 Å². The van der Waals surface area contributed by atoms with E-state index in [0.717, 1.165) is 37.4 Å². The summed E-state index contributed by atoms with van der Waals surface area (Å²) in [5.41, 5.74) is 3.71. The Hall–Kier alpha value is -3.53. The van der Waals surface area contributed by atoms with Crippen LogP contribution in [-0.4, -0.2) is 48.7 Å². The van der Waals surface area contributed by atoms with Crippen LogP contribution in [0.2, 0.25) is 0 Å². The first-order chi connectivity index (χ1) is 14.7. The Bertz CT molecular complexity index is 1170. The molecule has 3 aromatic heterocycles. The van der Waals surface area contributed by atoms with Gasteiger partial charge in [-0.2, -0.15) is 5.10 Å². The summed E-state index contributed by atoms with van der Waals surface area (Å²) in [4.78, 5) is 27.0. The molecule has 1 aliphatic rings. The Morgan fingerprint density at radius 3 is 3.10 bits per heavy atom. The molecule has 5 rings (SSSR count). The molecule has 9 nitrogen and oxygen atoms in total. The Morgan fingerprint density at radius 2 is 2.23 bits per heavy atom. The lowest BCUT2D eigenvalue weighted by atomic mass is 10.1. The van der Waals surface area contributed by atoms with Gasteiger partial charge in [-0.25, -0.2) is 14.4 Å². The predicted molar refractivity (Wildman–Crippen MR) is 108 cm³/mol. The van der Waals surface area contributed by atoms with Crippen LogP contribution in [0.5, 0.6) is 0 Å². The molecule has 154 valence electrons.